The maximum absolute atomic E-state index is 9.97. The van der Waals surface area contributed by atoms with E-state index in [-0.39, 0.29) is 6.61 Å². The largest absolute Gasteiger partial charge is 0.491 e. The number of hydrogen-bond acceptors (Lipinski definition) is 3. The van der Waals surface area contributed by atoms with E-state index in [2.05, 4.69) is 5.10 Å². The zero-order valence-electron chi connectivity index (χ0n) is 11.0. The molecule has 1 heterocycles. The number of aromatic nitrogens is 2. The lowest BCUT2D eigenvalue weighted by molar-refractivity contribution is 0.106. The van der Waals surface area contributed by atoms with Crippen molar-refractivity contribution >= 4 is 11.6 Å². The molecule has 1 unspecified atom stereocenters. The van der Waals surface area contributed by atoms with Gasteiger partial charge in [-0.1, -0.05) is 17.7 Å². The highest BCUT2D eigenvalue weighted by atomic mass is 35.5. The van der Waals surface area contributed by atoms with Gasteiger partial charge in [-0.2, -0.15) is 5.10 Å². The van der Waals surface area contributed by atoms with Crippen LogP contribution in [0.5, 0.6) is 5.75 Å². The minimum atomic E-state index is -0.575. The second kappa shape index (κ2) is 6.08. The molecule has 19 heavy (non-hydrogen) atoms. The molecule has 1 atom stereocenters. The monoisotopic (exact) mass is 280 g/mol. The Bertz CT molecular complexity index is 554. The topological polar surface area (TPSA) is 47.3 Å². The van der Waals surface area contributed by atoms with Crippen molar-refractivity contribution in [1.82, 2.24) is 9.78 Å². The maximum atomic E-state index is 9.97. The van der Waals surface area contributed by atoms with E-state index in [4.69, 9.17) is 16.3 Å². The molecule has 0 bridgehead atoms. The fourth-order valence-corrected chi connectivity index (χ4v) is 2.09. The van der Waals surface area contributed by atoms with Gasteiger partial charge in [0.25, 0.3) is 0 Å². The highest BCUT2D eigenvalue weighted by molar-refractivity contribution is 6.30. The molecule has 5 heteroatoms. The minimum Gasteiger partial charge on any atom is -0.491 e. The standard InChI is InChI=1S/C14H17ClN2O2/c1-10-6-12(17(2)16-10)8-13(18)9-19-14-5-3-4-11(15)7-14/h3-7,13,18H,8-9H2,1-2H3. The van der Waals surface area contributed by atoms with Crippen molar-refractivity contribution in [2.75, 3.05) is 6.61 Å². The van der Waals surface area contributed by atoms with Gasteiger partial charge in [0.05, 0.1) is 11.8 Å². The Morgan fingerprint density at radius 3 is 2.84 bits per heavy atom. The van der Waals surface area contributed by atoms with Crippen molar-refractivity contribution in [2.45, 2.75) is 19.4 Å². The molecule has 1 aromatic carbocycles. The van der Waals surface area contributed by atoms with E-state index in [0.717, 1.165) is 11.4 Å². The van der Waals surface area contributed by atoms with E-state index in [0.29, 0.717) is 17.2 Å². The van der Waals surface area contributed by atoms with Gasteiger partial charge in [0.1, 0.15) is 12.4 Å². The molecule has 0 saturated heterocycles. The first kappa shape index (κ1) is 13.9. The number of rotatable bonds is 5. The molecule has 2 aromatic rings. The van der Waals surface area contributed by atoms with Crippen molar-refractivity contribution < 1.29 is 9.84 Å². The molecule has 0 radical (unpaired) electrons. The second-order valence-electron chi connectivity index (χ2n) is 4.53. The van der Waals surface area contributed by atoms with Crippen LogP contribution in [0.25, 0.3) is 0 Å². The van der Waals surface area contributed by atoms with Gasteiger partial charge in [-0.15, -0.1) is 0 Å². The first-order chi connectivity index (χ1) is 9.04. The summed E-state index contributed by atoms with van der Waals surface area (Å²) in [5, 5.41) is 14.8. The molecule has 1 N–H and O–H groups in total. The van der Waals surface area contributed by atoms with Crippen LogP contribution in [0.4, 0.5) is 0 Å². The summed E-state index contributed by atoms with van der Waals surface area (Å²) >= 11 is 5.86. The Morgan fingerprint density at radius 1 is 1.42 bits per heavy atom. The number of aryl methyl sites for hydroxylation is 2. The van der Waals surface area contributed by atoms with Gasteiger partial charge in [-0.05, 0) is 31.2 Å². The lowest BCUT2D eigenvalue weighted by atomic mass is 10.2. The van der Waals surface area contributed by atoms with Gasteiger partial charge in [0.2, 0.25) is 0 Å². The maximum Gasteiger partial charge on any atom is 0.120 e. The molecule has 1 aromatic heterocycles. The summed E-state index contributed by atoms with van der Waals surface area (Å²) in [6, 6.07) is 9.09. The molecule has 0 aliphatic rings. The van der Waals surface area contributed by atoms with Crippen LogP contribution in [0.2, 0.25) is 5.02 Å². The molecule has 0 spiro atoms. The van der Waals surface area contributed by atoms with Crippen LogP contribution in [0.3, 0.4) is 0 Å². The fraction of sp³-hybridized carbons (Fsp3) is 0.357. The summed E-state index contributed by atoms with van der Waals surface area (Å²) in [6.07, 6.45) is -0.0634. The van der Waals surface area contributed by atoms with E-state index in [1.54, 1.807) is 16.8 Å². The van der Waals surface area contributed by atoms with E-state index in [9.17, 15) is 5.11 Å². The van der Waals surface area contributed by atoms with E-state index >= 15 is 0 Å². The van der Waals surface area contributed by atoms with Crippen LogP contribution >= 0.6 is 11.6 Å². The van der Waals surface area contributed by atoms with Gasteiger partial charge in [-0.3, -0.25) is 4.68 Å². The third kappa shape index (κ3) is 3.98. The summed E-state index contributed by atoms with van der Waals surface area (Å²) in [7, 11) is 1.87. The van der Waals surface area contributed by atoms with Crippen molar-refractivity contribution in [3.05, 3.63) is 46.7 Å². The molecule has 4 nitrogen and oxygen atoms in total. The third-order valence-electron chi connectivity index (χ3n) is 2.78. The highest BCUT2D eigenvalue weighted by Gasteiger charge is 2.10. The van der Waals surface area contributed by atoms with Gasteiger partial charge in [-0.25, -0.2) is 0 Å². The van der Waals surface area contributed by atoms with Gasteiger partial charge >= 0.3 is 0 Å². The van der Waals surface area contributed by atoms with Crippen LogP contribution in [-0.4, -0.2) is 27.6 Å². The Kier molecular flexibility index (Phi) is 4.45. The minimum absolute atomic E-state index is 0.227. The molecule has 0 aliphatic heterocycles. The SMILES string of the molecule is Cc1cc(CC(O)COc2cccc(Cl)c2)n(C)n1. The van der Waals surface area contributed by atoms with E-state index in [1.807, 2.05) is 32.2 Å². The Balaban J connectivity index is 1.88. The number of benzene rings is 1. The molecule has 102 valence electrons. The average Bonchev–Trinajstić information content (AvgIpc) is 2.65. The van der Waals surface area contributed by atoms with Gasteiger partial charge in [0, 0.05) is 24.2 Å². The molecular formula is C14H17ClN2O2. The van der Waals surface area contributed by atoms with Crippen LogP contribution in [0.1, 0.15) is 11.4 Å². The fourth-order valence-electron chi connectivity index (χ4n) is 1.90. The number of aliphatic hydroxyl groups excluding tert-OH is 1. The van der Waals surface area contributed by atoms with Crippen LogP contribution in [0, 0.1) is 6.92 Å². The number of ether oxygens (including phenoxy) is 1. The van der Waals surface area contributed by atoms with E-state index in [1.165, 1.54) is 0 Å². The average molecular weight is 281 g/mol. The molecule has 0 amide bonds. The second-order valence-corrected chi connectivity index (χ2v) is 4.96. The zero-order chi connectivity index (χ0) is 13.8. The Hall–Kier alpha value is -1.52. The van der Waals surface area contributed by atoms with Crippen molar-refractivity contribution in [2.24, 2.45) is 7.05 Å². The van der Waals surface area contributed by atoms with Crippen molar-refractivity contribution in [3.63, 3.8) is 0 Å². The summed E-state index contributed by atoms with van der Waals surface area (Å²) in [4.78, 5) is 0. The summed E-state index contributed by atoms with van der Waals surface area (Å²) < 4.78 is 7.28. The molecule has 2 rings (SSSR count). The lowest BCUT2D eigenvalue weighted by Crippen LogP contribution is -2.21. The summed E-state index contributed by atoms with van der Waals surface area (Å²) in [5.74, 6) is 0.660. The normalized spacial score (nSPS) is 12.4. The predicted octanol–water partition coefficient (Wildman–Crippen LogP) is 2.36. The number of hydrogen-bond donors (Lipinski definition) is 1. The van der Waals surface area contributed by atoms with Crippen molar-refractivity contribution in [1.29, 1.82) is 0 Å². The first-order valence-corrected chi connectivity index (χ1v) is 6.48. The van der Waals surface area contributed by atoms with Gasteiger partial charge < -0.3 is 9.84 Å². The number of halogens is 1. The van der Waals surface area contributed by atoms with Crippen LogP contribution < -0.4 is 4.74 Å². The predicted molar refractivity (Wildman–Crippen MR) is 74.6 cm³/mol. The Morgan fingerprint density at radius 2 is 2.21 bits per heavy atom. The first-order valence-electron chi connectivity index (χ1n) is 6.10. The molecule has 0 saturated carbocycles. The zero-order valence-corrected chi connectivity index (χ0v) is 11.8. The van der Waals surface area contributed by atoms with Crippen LogP contribution in [-0.2, 0) is 13.5 Å². The quantitative estimate of drug-likeness (QED) is 0.915. The van der Waals surface area contributed by atoms with Crippen LogP contribution in [0.15, 0.2) is 30.3 Å². The Labute approximate surface area is 117 Å². The number of aliphatic hydroxyl groups is 1. The molecule has 0 fully saturated rings. The van der Waals surface area contributed by atoms with Crippen molar-refractivity contribution in [3.8, 4) is 5.75 Å². The summed E-state index contributed by atoms with van der Waals surface area (Å²) in [5.41, 5.74) is 1.93. The lowest BCUT2D eigenvalue weighted by Gasteiger charge is -2.12. The smallest absolute Gasteiger partial charge is 0.120 e. The van der Waals surface area contributed by atoms with Gasteiger partial charge in [0.15, 0.2) is 0 Å². The number of nitrogens with zero attached hydrogens (tertiary/aromatic N) is 2. The third-order valence-corrected chi connectivity index (χ3v) is 3.02. The molecular weight excluding hydrogens is 264 g/mol. The molecule has 0 aliphatic carbocycles. The highest BCUT2D eigenvalue weighted by Crippen LogP contribution is 2.17. The van der Waals surface area contributed by atoms with E-state index < -0.39 is 6.10 Å². The summed E-state index contributed by atoms with van der Waals surface area (Å²) in [6.45, 7) is 2.16.